The van der Waals surface area contributed by atoms with Crippen LogP contribution in [0.25, 0.3) is 22.1 Å². The van der Waals surface area contributed by atoms with Gasteiger partial charge in [0, 0.05) is 0 Å². The van der Waals surface area contributed by atoms with Crippen molar-refractivity contribution in [3.05, 3.63) is 40.4 Å². The maximum Gasteiger partial charge on any atom is 0.143 e. The maximum absolute atomic E-state index is 9.82. The highest BCUT2D eigenvalue weighted by Crippen LogP contribution is 2.30. The van der Waals surface area contributed by atoms with E-state index in [0.29, 0.717) is 16.1 Å². The molecule has 1 aromatic heterocycles. The molecule has 0 aliphatic carbocycles. The average Bonchev–Trinajstić information content (AvgIpc) is 2.34. The van der Waals surface area contributed by atoms with E-state index >= 15 is 0 Å². The van der Waals surface area contributed by atoms with Gasteiger partial charge in [-0.25, -0.2) is 9.97 Å². The van der Waals surface area contributed by atoms with Crippen LogP contribution in [-0.4, -0.2) is 15.1 Å². The van der Waals surface area contributed by atoms with Crippen LogP contribution in [0.15, 0.2) is 24.3 Å². The lowest BCUT2D eigenvalue weighted by Crippen LogP contribution is -1.91. The number of benzene rings is 2. The van der Waals surface area contributed by atoms with E-state index < -0.39 is 0 Å². The molecule has 4 heteroatoms. The molecule has 0 spiro atoms. The third-order valence-electron chi connectivity index (χ3n) is 3.14. The molecule has 0 unspecified atom stereocenters. The van der Waals surface area contributed by atoms with Gasteiger partial charge in [0.25, 0.3) is 0 Å². The number of rotatable bonds is 0. The van der Waals surface area contributed by atoms with Gasteiger partial charge in [-0.3, -0.25) is 0 Å². The lowest BCUT2D eigenvalue weighted by molar-refractivity contribution is 0.480. The summed E-state index contributed by atoms with van der Waals surface area (Å²) in [7, 11) is 0. The fourth-order valence-corrected chi connectivity index (χ4v) is 2.16. The smallest absolute Gasteiger partial charge is 0.143 e. The molecule has 0 amide bonds. The van der Waals surface area contributed by atoms with E-state index in [1.807, 2.05) is 26.0 Å². The Kier molecular flexibility index (Phi) is 2.38. The molecule has 2 aromatic carbocycles. The van der Waals surface area contributed by atoms with Crippen molar-refractivity contribution in [1.29, 1.82) is 0 Å². The number of hydrogen-bond acceptors (Lipinski definition) is 3. The zero-order valence-electron chi connectivity index (χ0n) is 10.0. The Morgan fingerprint density at radius 3 is 2.11 bits per heavy atom. The van der Waals surface area contributed by atoms with E-state index in [-0.39, 0.29) is 5.75 Å². The van der Waals surface area contributed by atoms with Crippen molar-refractivity contribution >= 4 is 33.7 Å². The topological polar surface area (TPSA) is 46.0 Å². The van der Waals surface area contributed by atoms with Crippen LogP contribution in [0.2, 0.25) is 5.02 Å². The van der Waals surface area contributed by atoms with E-state index in [1.54, 1.807) is 6.07 Å². The third kappa shape index (κ3) is 1.59. The van der Waals surface area contributed by atoms with Crippen molar-refractivity contribution in [3.63, 3.8) is 0 Å². The number of aromatic hydroxyl groups is 1. The second-order valence-corrected chi connectivity index (χ2v) is 4.82. The molecule has 1 N–H and O–H groups in total. The lowest BCUT2D eigenvalue weighted by Gasteiger charge is -2.06. The summed E-state index contributed by atoms with van der Waals surface area (Å²) in [6.07, 6.45) is 0. The molecular weight excluding hydrogens is 248 g/mol. The molecule has 0 aliphatic rings. The number of hydrogen-bond donors (Lipinski definition) is 1. The Hall–Kier alpha value is -1.87. The predicted octanol–water partition coefficient (Wildman–Crippen LogP) is 3.76. The number of aromatic nitrogens is 2. The SMILES string of the molecule is Cc1cc2nc3c(O)ccc(Cl)c3nc2cc1C. The summed E-state index contributed by atoms with van der Waals surface area (Å²) in [5.41, 5.74) is 4.84. The fourth-order valence-electron chi connectivity index (χ4n) is 1.97. The van der Waals surface area contributed by atoms with Crippen LogP contribution in [0.1, 0.15) is 11.1 Å². The first-order valence-electron chi connectivity index (χ1n) is 5.62. The molecule has 0 atom stereocenters. The van der Waals surface area contributed by atoms with E-state index in [2.05, 4.69) is 9.97 Å². The van der Waals surface area contributed by atoms with Gasteiger partial charge in [-0.15, -0.1) is 0 Å². The van der Waals surface area contributed by atoms with Crippen LogP contribution in [0.4, 0.5) is 0 Å². The van der Waals surface area contributed by atoms with Gasteiger partial charge in [-0.2, -0.15) is 0 Å². The Morgan fingerprint density at radius 1 is 0.944 bits per heavy atom. The quantitative estimate of drug-likeness (QED) is 0.625. The predicted molar refractivity (Wildman–Crippen MR) is 73.2 cm³/mol. The molecular formula is C14H11ClN2O. The van der Waals surface area contributed by atoms with E-state index in [0.717, 1.165) is 22.2 Å². The normalized spacial score (nSPS) is 11.3. The second-order valence-electron chi connectivity index (χ2n) is 4.41. The monoisotopic (exact) mass is 258 g/mol. The summed E-state index contributed by atoms with van der Waals surface area (Å²) in [6, 6.07) is 7.11. The molecule has 0 saturated heterocycles. The molecule has 0 bridgehead atoms. The number of halogens is 1. The van der Waals surface area contributed by atoms with Gasteiger partial charge in [0.15, 0.2) is 0 Å². The van der Waals surface area contributed by atoms with E-state index in [1.165, 1.54) is 6.07 Å². The number of phenols is 1. The Morgan fingerprint density at radius 2 is 1.50 bits per heavy atom. The fraction of sp³-hybridized carbons (Fsp3) is 0.143. The van der Waals surface area contributed by atoms with Crippen molar-refractivity contribution in [1.82, 2.24) is 9.97 Å². The van der Waals surface area contributed by atoms with Gasteiger partial charge in [0.05, 0.1) is 16.1 Å². The van der Waals surface area contributed by atoms with Gasteiger partial charge >= 0.3 is 0 Å². The van der Waals surface area contributed by atoms with Crippen LogP contribution in [0.3, 0.4) is 0 Å². The van der Waals surface area contributed by atoms with Crippen molar-refractivity contribution in [2.24, 2.45) is 0 Å². The van der Waals surface area contributed by atoms with Crippen LogP contribution >= 0.6 is 11.6 Å². The molecule has 3 aromatic rings. The number of fused-ring (bicyclic) bond motifs is 2. The first-order chi connectivity index (χ1) is 8.56. The molecule has 3 nitrogen and oxygen atoms in total. The van der Waals surface area contributed by atoms with E-state index in [4.69, 9.17) is 11.6 Å². The number of aryl methyl sites for hydroxylation is 2. The minimum Gasteiger partial charge on any atom is -0.506 e. The van der Waals surface area contributed by atoms with Crippen LogP contribution in [0.5, 0.6) is 5.75 Å². The first-order valence-corrected chi connectivity index (χ1v) is 6.00. The van der Waals surface area contributed by atoms with E-state index in [9.17, 15) is 5.11 Å². The maximum atomic E-state index is 9.82. The molecule has 1 heterocycles. The van der Waals surface area contributed by atoms with Crippen LogP contribution in [-0.2, 0) is 0 Å². The molecule has 0 fully saturated rings. The highest BCUT2D eigenvalue weighted by molar-refractivity contribution is 6.35. The lowest BCUT2D eigenvalue weighted by atomic mass is 10.1. The van der Waals surface area contributed by atoms with Gasteiger partial charge in [0.1, 0.15) is 16.8 Å². The second kappa shape index (κ2) is 3.82. The van der Waals surface area contributed by atoms with Gasteiger partial charge < -0.3 is 5.11 Å². The summed E-state index contributed by atoms with van der Waals surface area (Å²) in [5, 5.41) is 10.3. The highest BCUT2D eigenvalue weighted by atomic mass is 35.5. The van der Waals surface area contributed by atoms with Crippen molar-refractivity contribution in [3.8, 4) is 5.75 Å². The Balaban J connectivity index is 2.51. The van der Waals surface area contributed by atoms with Crippen LogP contribution < -0.4 is 0 Å². The van der Waals surface area contributed by atoms with Gasteiger partial charge in [-0.1, -0.05) is 11.6 Å². The van der Waals surface area contributed by atoms with Crippen molar-refractivity contribution in [2.75, 3.05) is 0 Å². The first kappa shape index (κ1) is 11.2. The molecule has 18 heavy (non-hydrogen) atoms. The summed E-state index contributed by atoms with van der Waals surface area (Å²) in [6.45, 7) is 4.06. The molecule has 0 saturated carbocycles. The molecule has 90 valence electrons. The standard InChI is InChI=1S/C14H11ClN2O/c1-7-5-10-11(6-8(7)2)17-14-12(18)4-3-9(15)13(14)16-10/h3-6,18H,1-2H3. The van der Waals surface area contributed by atoms with Gasteiger partial charge in [0.2, 0.25) is 0 Å². The average molecular weight is 259 g/mol. The van der Waals surface area contributed by atoms with Crippen LogP contribution in [0, 0.1) is 13.8 Å². The summed E-state index contributed by atoms with van der Waals surface area (Å²) >= 11 is 6.09. The highest BCUT2D eigenvalue weighted by Gasteiger charge is 2.09. The zero-order chi connectivity index (χ0) is 12.9. The summed E-state index contributed by atoms with van der Waals surface area (Å²) in [5.74, 6) is 0.0991. The Labute approximate surface area is 109 Å². The summed E-state index contributed by atoms with van der Waals surface area (Å²) in [4.78, 5) is 8.93. The van der Waals surface area contributed by atoms with Crippen molar-refractivity contribution < 1.29 is 5.11 Å². The van der Waals surface area contributed by atoms with Gasteiger partial charge in [-0.05, 0) is 49.2 Å². The number of phenolic OH excluding ortho intramolecular Hbond substituents is 1. The minimum absolute atomic E-state index is 0.0991. The summed E-state index contributed by atoms with van der Waals surface area (Å²) < 4.78 is 0. The third-order valence-corrected chi connectivity index (χ3v) is 3.44. The Bertz CT molecular complexity index is 718. The molecule has 3 rings (SSSR count). The number of nitrogens with zero attached hydrogens (tertiary/aromatic N) is 2. The minimum atomic E-state index is 0.0991. The molecule has 0 aliphatic heterocycles. The zero-order valence-corrected chi connectivity index (χ0v) is 10.8. The van der Waals surface area contributed by atoms with Crippen molar-refractivity contribution in [2.45, 2.75) is 13.8 Å². The largest absolute Gasteiger partial charge is 0.506 e. The molecule has 0 radical (unpaired) electrons.